The molecule has 1 aromatic carbocycles. The Bertz CT molecular complexity index is 1410. The van der Waals surface area contributed by atoms with Crippen molar-refractivity contribution >= 4 is 17.2 Å². The molecule has 0 fully saturated rings. The van der Waals surface area contributed by atoms with Crippen LogP contribution in [0.5, 0.6) is 5.75 Å². The van der Waals surface area contributed by atoms with Gasteiger partial charge in [0.05, 0.1) is 24.4 Å². The number of hydrogen-bond acceptors (Lipinski definition) is 6. The van der Waals surface area contributed by atoms with Crippen molar-refractivity contribution in [3.05, 3.63) is 98.1 Å². The number of nitrogens with zero attached hydrogens (tertiary/aromatic N) is 4. The predicted octanol–water partition coefficient (Wildman–Crippen LogP) is 3.93. The second-order valence-corrected chi connectivity index (χ2v) is 9.26. The summed E-state index contributed by atoms with van der Waals surface area (Å²) in [7, 11) is 1.61. The highest BCUT2D eigenvalue weighted by atomic mass is 32.1. The van der Waals surface area contributed by atoms with E-state index in [4.69, 9.17) is 4.74 Å². The molecule has 0 bridgehead atoms. The Morgan fingerprint density at radius 1 is 1.18 bits per heavy atom. The Morgan fingerprint density at radius 3 is 2.79 bits per heavy atom. The van der Waals surface area contributed by atoms with Crippen molar-refractivity contribution < 1.29 is 9.53 Å². The van der Waals surface area contributed by atoms with E-state index in [-0.39, 0.29) is 11.5 Å². The lowest BCUT2D eigenvalue weighted by molar-refractivity contribution is 0.0727. The number of benzene rings is 1. The summed E-state index contributed by atoms with van der Waals surface area (Å²) in [6.45, 7) is 3.22. The van der Waals surface area contributed by atoms with Gasteiger partial charge in [0, 0.05) is 42.3 Å². The first kappa shape index (κ1) is 22.0. The summed E-state index contributed by atoms with van der Waals surface area (Å²) in [6, 6.07) is 15.1. The van der Waals surface area contributed by atoms with Gasteiger partial charge in [0.25, 0.3) is 11.5 Å². The summed E-state index contributed by atoms with van der Waals surface area (Å²) in [5.41, 5.74) is 4.47. The van der Waals surface area contributed by atoms with Gasteiger partial charge in [-0.2, -0.15) is 0 Å². The number of aryl methyl sites for hydroxylation is 1. The number of hydrogen-bond donors (Lipinski definition) is 0. The van der Waals surface area contributed by atoms with Crippen LogP contribution in [0.1, 0.15) is 32.4 Å². The molecule has 5 rings (SSSR count). The Balaban J connectivity index is 1.59. The average Bonchev–Trinajstić information content (AvgIpc) is 3.31. The molecule has 1 aliphatic rings. The number of fused-ring (bicyclic) bond motifs is 1. The summed E-state index contributed by atoms with van der Waals surface area (Å²) in [6.07, 6.45) is 2.32. The largest absolute Gasteiger partial charge is 0.497 e. The average molecular weight is 473 g/mol. The van der Waals surface area contributed by atoms with Gasteiger partial charge in [0.1, 0.15) is 11.4 Å². The monoisotopic (exact) mass is 472 g/mol. The zero-order valence-electron chi connectivity index (χ0n) is 19.0. The van der Waals surface area contributed by atoms with E-state index in [0.29, 0.717) is 43.1 Å². The van der Waals surface area contributed by atoms with Crippen LogP contribution in [0.15, 0.2) is 64.9 Å². The van der Waals surface area contributed by atoms with Gasteiger partial charge in [-0.3, -0.25) is 14.6 Å². The SMILES string of the molecule is COc1cccc(-c2cc3c(n(Cc4ccccn4)c2=O)CCN(C(=O)c2csc(C)n2)C3)c1. The number of pyridine rings is 2. The molecule has 0 spiro atoms. The van der Waals surface area contributed by atoms with E-state index in [1.165, 1.54) is 11.3 Å². The molecule has 0 radical (unpaired) electrons. The first-order valence-electron chi connectivity index (χ1n) is 11.0. The molecule has 7 nitrogen and oxygen atoms in total. The molecular formula is C26H24N4O3S. The highest BCUT2D eigenvalue weighted by Crippen LogP contribution is 2.27. The van der Waals surface area contributed by atoms with E-state index >= 15 is 0 Å². The van der Waals surface area contributed by atoms with Gasteiger partial charge in [0.2, 0.25) is 0 Å². The van der Waals surface area contributed by atoms with E-state index in [9.17, 15) is 9.59 Å². The summed E-state index contributed by atoms with van der Waals surface area (Å²) < 4.78 is 7.18. The summed E-state index contributed by atoms with van der Waals surface area (Å²) in [5, 5.41) is 2.67. The molecule has 0 aliphatic carbocycles. The zero-order chi connectivity index (χ0) is 23.7. The fourth-order valence-electron chi connectivity index (χ4n) is 4.33. The van der Waals surface area contributed by atoms with E-state index in [1.54, 1.807) is 23.3 Å². The minimum Gasteiger partial charge on any atom is -0.497 e. The van der Waals surface area contributed by atoms with Crippen molar-refractivity contribution in [2.75, 3.05) is 13.7 Å². The van der Waals surface area contributed by atoms with Crippen LogP contribution < -0.4 is 10.3 Å². The van der Waals surface area contributed by atoms with Crippen molar-refractivity contribution in [2.45, 2.75) is 26.4 Å². The third-order valence-corrected chi connectivity index (χ3v) is 6.80. The van der Waals surface area contributed by atoms with Crippen molar-refractivity contribution in [3.63, 3.8) is 0 Å². The fraction of sp³-hybridized carbons (Fsp3) is 0.231. The molecule has 4 aromatic rings. The summed E-state index contributed by atoms with van der Waals surface area (Å²) in [5.74, 6) is 0.599. The Kier molecular flexibility index (Phi) is 5.98. The smallest absolute Gasteiger partial charge is 0.273 e. The summed E-state index contributed by atoms with van der Waals surface area (Å²) >= 11 is 1.47. The Morgan fingerprint density at radius 2 is 2.06 bits per heavy atom. The van der Waals surface area contributed by atoms with Gasteiger partial charge in [-0.25, -0.2) is 4.98 Å². The molecule has 3 aromatic heterocycles. The number of methoxy groups -OCH3 is 1. The van der Waals surface area contributed by atoms with Crippen LogP contribution in [0.25, 0.3) is 11.1 Å². The van der Waals surface area contributed by atoms with Crippen LogP contribution in [0.2, 0.25) is 0 Å². The topological polar surface area (TPSA) is 77.3 Å². The van der Waals surface area contributed by atoms with Crippen molar-refractivity contribution in [3.8, 4) is 16.9 Å². The normalized spacial score (nSPS) is 12.9. The minimum absolute atomic E-state index is 0.0763. The highest BCUT2D eigenvalue weighted by Gasteiger charge is 2.27. The molecule has 34 heavy (non-hydrogen) atoms. The summed E-state index contributed by atoms with van der Waals surface area (Å²) in [4.78, 5) is 37.4. The molecule has 8 heteroatoms. The number of amides is 1. The van der Waals surface area contributed by atoms with Gasteiger partial charge in [-0.05, 0) is 48.4 Å². The number of aromatic nitrogens is 3. The van der Waals surface area contributed by atoms with Crippen molar-refractivity contribution in [1.29, 1.82) is 0 Å². The minimum atomic E-state index is -0.0830. The molecule has 1 aliphatic heterocycles. The van der Waals surface area contributed by atoms with E-state index in [1.807, 2.05) is 60.4 Å². The second-order valence-electron chi connectivity index (χ2n) is 8.20. The quantitative estimate of drug-likeness (QED) is 0.440. The maximum absolute atomic E-state index is 13.7. The van der Waals surface area contributed by atoms with Gasteiger partial charge >= 0.3 is 0 Å². The standard InChI is InChI=1S/C26H24N4O3S/c1-17-28-23(16-34-17)26(32)29-11-9-24-19(14-29)13-22(18-6-5-8-21(12-18)33-2)25(31)30(24)15-20-7-3-4-10-27-20/h3-8,10,12-13,16H,9,11,14-15H2,1-2H3. The molecule has 1 amide bonds. The second kappa shape index (κ2) is 9.23. The van der Waals surface area contributed by atoms with Crippen LogP contribution >= 0.6 is 11.3 Å². The molecule has 0 unspecified atom stereocenters. The Labute approximate surface area is 201 Å². The number of carbonyl (C=O) groups excluding carboxylic acids is 1. The highest BCUT2D eigenvalue weighted by molar-refractivity contribution is 7.09. The van der Waals surface area contributed by atoms with Crippen LogP contribution in [0.4, 0.5) is 0 Å². The fourth-order valence-corrected chi connectivity index (χ4v) is 4.92. The van der Waals surface area contributed by atoms with E-state index in [2.05, 4.69) is 9.97 Å². The lowest BCUT2D eigenvalue weighted by Gasteiger charge is -2.31. The van der Waals surface area contributed by atoms with Gasteiger partial charge in [-0.15, -0.1) is 11.3 Å². The van der Waals surface area contributed by atoms with Crippen LogP contribution in [-0.4, -0.2) is 39.0 Å². The number of thiazole rings is 1. The van der Waals surface area contributed by atoms with Crippen molar-refractivity contribution in [1.82, 2.24) is 19.4 Å². The van der Waals surface area contributed by atoms with Crippen LogP contribution in [0.3, 0.4) is 0 Å². The lowest BCUT2D eigenvalue weighted by Crippen LogP contribution is -2.39. The van der Waals surface area contributed by atoms with Crippen molar-refractivity contribution in [2.24, 2.45) is 0 Å². The molecule has 0 atom stereocenters. The number of ether oxygens (including phenoxy) is 1. The van der Waals surface area contributed by atoms with Crippen LogP contribution in [0, 0.1) is 6.92 Å². The van der Waals surface area contributed by atoms with Gasteiger partial charge < -0.3 is 14.2 Å². The third kappa shape index (κ3) is 4.24. The molecule has 0 saturated heterocycles. The first-order valence-corrected chi connectivity index (χ1v) is 11.9. The maximum Gasteiger partial charge on any atom is 0.273 e. The molecule has 172 valence electrons. The van der Waals surface area contributed by atoms with Gasteiger partial charge in [0.15, 0.2) is 0 Å². The number of carbonyl (C=O) groups is 1. The molecule has 0 N–H and O–H groups in total. The number of rotatable bonds is 5. The van der Waals surface area contributed by atoms with E-state index in [0.717, 1.165) is 27.5 Å². The maximum atomic E-state index is 13.7. The molecule has 0 saturated carbocycles. The molecule has 4 heterocycles. The predicted molar refractivity (Wildman–Crippen MR) is 131 cm³/mol. The van der Waals surface area contributed by atoms with Crippen LogP contribution in [-0.2, 0) is 19.5 Å². The first-order chi connectivity index (χ1) is 16.5. The zero-order valence-corrected chi connectivity index (χ0v) is 19.8. The van der Waals surface area contributed by atoms with E-state index < -0.39 is 0 Å². The van der Waals surface area contributed by atoms with Gasteiger partial charge in [-0.1, -0.05) is 18.2 Å². The molecular weight excluding hydrogens is 448 g/mol. The third-order valence-electron chi connectivity index (χ3n) is 6.02. The lowest BCUT2D eigenvalue weighted by atomic mass is 9.98. The Hall–Kier alpha value is -3.78.